The summed E-state index contributed by atoms with van der Waals surface area (Å²) >= 11 is 0. The van der Waals surface area contributed by atoms with Crippen molar-refractivity contribution < 1.29 is 9.06 Å². The molecule has 0 amide bonds. The predicted octanol–water partition coefficient (Wildman–Crippen LogP) is 4.46. The van der Waals surface area contributed by atoms with E-state index in [4.69, 9.17) is 19.0 Å². The molecule has 0 aromatic carbocycles. The van der Waals surface area contributed by atoms with Gasteiger partial charge in [0.15, 0.2) is 14.0 Å². The average Bonchev–Trinajstić information content (AvgIpc) is 3.41. The minimum Gasteiger partial charge on any atom is -0.412 e. The van der Waals surface area contributed by atoms with E-state index in [1.807, 2.05) is 17.8 Å². The van der Waals surface area contributed by atoms with Crippen LogP contribution >= 0.6 is 0 Å². The van der Waals surface area contributed by atoms with Crippen LogP contribution in [0.2, 0.25) is 18.1 Å². The van der Waals surface area contributed by atoms with Gasteiger partial charge in [0, 0.05) is 18.5 Å². The largest absolute Gasteiger partial charge is 0.412 e. The van der Waals surface area contributed by atoms with Crippen LogP contribution in [0.15, 0.2) is 10.8 Å². The van der Waals surface area contributed by atoms with Gasteiger partial charge in [-0.25, -0.2) is 19.3 Å². The van der Waals surface area contributed by atoms with Crippen LogP contribution in [0.4, 0.5) is 5.82 Å². The second-order valence-electron chi connectivity index (χ2n) is 11.7. The smallest absolute Gasteiger partial charge is 0.192 e. The van der Waals surface area contributed by atoms with Gasteiger partial charge in [-0.2, -0.15) is 5.10 Å². The van der Waals surface area contributed by atoms with Crippen molar-refractivity contribution in [3.05, 3.63) is 23.4 Å². The summed E-state index contributed by atoms with van der Waals surface area (Å²) in [5, 5.41) is 13.7. The van der Waals surface area contributed by atoms with E-state index in [-0.39, 0.29) is 16.6 Å². The second kappa shape index (κ2) is 8.16. The summed E-state index contributed by atoms with van der Waals surface area (Å²) in [5.74, 6) is 1.74. The third-order valence-electron chi connectivity index (χ3n) is 6.90. The molecule has 1 unspecified atom stereocenters. The zero-order chi connectivity index (χ0) is 24.2. The number of nitrogens with zero attached hydrogens (tertiary/aromatic N) is 7. The molecule has 1 atom stereocenters. The minimum atomic E-state index is -1.83. The highest BCUT2D eigenvalue weighted by atomic mass is 28.4. The maximum Gasteiger partial charge on any atom is 0.192 e. The molecule has 3 aromatic heterocycles. The first-order valence-electron chi connectivity index (χ1n) is 11.7. The molecular formula is C23H37N7O2Si. The molecule has 1 aliphatic rings. The fourth-order valence-electron chi connectivity index (χ4n) is 3.78. The fourth-order valence-corrected chi connectivity index (χ4v) is 5.16. The Kier molecular flexibility index (Phi) is 5.89. The molecule has 1 aliphatic heterocycles. The van der Waals surface area contributed by atoms with Gasteiger partial charge in [0.2, 0.25) is 0 Å². The molecule has 0 bridgehead atoms. The van der Waals surface area contributed by atoms with Gasteiger partial charge in [-0.05, 0) is 31.5 Å². The first-order valence-corrected chi connectivity index (χ1v) is 14.6. The molecule has 4 rings (SSSR count). The molecule has 0 spiro atoms. The van der Waals surface area contributed by atoms with Crippen LogP contribution in [0.1, 0.15) is 65.2 Å². The van der Waals surface area contributed by atoms with E-state index < -0.39 is 8.32 Å². The molecule has 1 saturated heterocycles. The predicted molar refractivity (Wildman–Crippen MR) is 131 cm³/mol. The molecule has 9 nitrogen and oxygen atoms in total. The molecule has 1 fully saturated rings. The molecule has 0 radical (unpaired) electrons. The Morgan fingerprint density at radius 1 is 1.12 bits per heavy atom. The van der Waals surface area contributed by atoms with Gasteiger partial charge in [-0.1, -0.05) is 51.9 Å². The molecular weight excluding hydrogens is 434 g/mol. The lowest BCUT2D eigenvalue weighted by atomic mass is 9.95. The summed E-state index contributed by atoms with van der Waals surface area (Å²) in [6.07, 6.45) is 3.08. The zero-order valence-electron chi connectivity index (χ0n) is 21.4. The van der Waals surface area contributed by atoms with E-state index in [1.165, 1.54) is 0 Å². The molecule has 0 N–H and O–H groups in total. The minimum absolute atomic E-state index is 0.192. The molecule has 4 heterocycles. The SMILES string of the molecule is Cc1nonc1Cn1ncc2c(N3CCC(O[Si](C)(C)C(C)(C)C)C3)nc(C(C)(C)C)nc21. The molecule has 180 valence electrons. The number of aromatic nitrogens is 6. The van der Waals surface area contributed by atoms with Gasteiger partial charge in [0.1, 0.15) is 23.0 Å². The van der Waals surface area contributed by atoms with Crippen molar-refractivity contribution >= 4 is 25.2 Å². The Balaban J connectivity index is 1.68. The number of rotatable bonds is 5. The van der Waals surface area contributed by atoms with Crippen LogP contribution in [0, 0.1) is 6.92 Å². The summed E-state index contributed by atoms with van der Waals surface area (Å²) in [6, 6.07) is 0. The summed E-state index contributed by atoms with van der Waals surface area (Å²) in [4.78, 5) is 12.3. The fraction of sp³-hybridized carbons (Fsp3) is 0.696. The molecule has 33 heavy (non-hydrogen) atoms. The maximum absolute atomic E-state index is 6.72. The summed E-state index contributed by atoms with van der Waals surface area (Å²) < 4.78 is 13.5. The lowest BCUT2D eigenvalue weighted by Crippen LogP contribution is -2.44. The van der Waals surface area contributed by atoms with Crippen LogP contribution in [-0.2, 0) is 16.4 Å². The highest BCUT2D eigenvalue weighted by Crippen LogP contribution is 2.39. The number of fused-ring (bicyclic) bond motifs is 1. The first-order chi connectivity index (χ1) is 15.3. The molecule has 0 saturated carbocycles. The Bertz CT molecular complexity index is 1140. The van der Waals surface area contributed by atoms with Crippen molar-refractivity contribution in [3.63, 3.8) is 0 Å². The van der Waals surface area contributed by atoms with Crippen molar-refractivity contribution in [3.8, 4) is 0 Å². The lowest BCUT2D eigenvalue weighted by Gasteiger charge is -2.38. The highest BCUT2D eigenvalue weighted by Gasteiger charge is 2.41. The van der Waals surface area contributed by atoms with Crippen LogP contribution in [0.3, 0.4) is 0 Å². The van der Waals surface area contributed by atoms with E-state index in [0.29, 0.717) is 6.54 Å². The van der Waals surface area contributed by atoms with Crippen LogP contribution in [-0.4, -0.2) is 57.6 Å². The Hall–Kier alpha value is -2.33. The summed E-state index contributed by atoms with van der Waals surface area (Å²) in [5.41, 5.74) is 2.12. The number of hydrogen-bond donors (Lipinski definition) is 0. The Morgan fingerprint density at radius 3 is 2.45 bits per heavy atom. The number of anilines is 1. The lowest BCUT2D eigenvalue weighted by molar-refractivity contribution is 0.202. The second-order valence-corrected chi connectivity index (χ2v) is 16.4. The normalized spacial score (nSPS) is 18.0. The van der Waals surface area contributed by atoms with E-state index in [1.54, 1.807) is 0 Å². The van der Waals surface area contributed by atoms with Gasteiger partial charge >= 0.3 is 0 Å². The third-order valence-corrected chi connectivity index (χ3v) is 11.4. The number of aryl methyl sites for hydroxylation is 1. The van der Waals surface area contributed by atoms with Crippen LogP contribution < -0.4 is 4.90 Å². The van der Waals surface area contributed by atoms with Crippen LogP contribution in [0.25, 0.3) is 11.0 Å². The topological polar surface area (TPSA) is 95.0 Å². The van der Waals surface area contributed by atoms with Crippen molar-refractivity contribution in [1.29, 1.82) is 0 Å². The van der Waals surface area contributed by atoms with Gasteiger partial charge in [-0.15, -0.1) is 0 Å². The van der Waals surface area contributed by atoms with Gasteiger partial charge in [0.05, 0.1) is 24.2 Å². The average molecular weight is 472 g/mol. The van der Waals surface area contributed by atoms with Gasteiger partial charge < -0.3 is 9.33 Å². The van der Waals surface area contributed by atoms with E-state index in [9.17, 15) is 0 Å². The standard InChI is InChI=1S/C23H37N7O2Si/c1-15-18(28-32-27-15)14-30-20-17(12-24-30)19(25-21(26-20)22(2,3)4)29-11-10-16(13-29)31-33(8,9)23(5,6)7/h12,16H,10-11,13-14H2,1-9H3. The van der Waals surface area contributed by atoms with Gasteiger partial charge in [-0.3, -0.25) is 0 Å². The molecule has 10 heteroatoms. The van der Waals surface area contributed by atoms with E-state index >= 15 is 0 Å². The zero-order valence-corrected chi connectivity index (χ0v) is 22.4. The van der Waals surface area contributed by atoms with Crippen molar-refractivity contribution in [2.24, 2.45) is 0 Å². The molecule has 0 aliphatic carbocycles. The van der Waals surface area contributed by atoms with Crippen molar-refractivity contribution in [2.75, 3.05) is 18.0 Å². The van der Waals surface area contributed by atoms with E-state index in [2.05, 4.69) is 74.9 Å². The summed E-state index contributed by atoms with van der Waals surface area (Å²) in [6.45, 7) is 22.0. The number of hydrogen-bond acceptors (Lipinski definition) is 8. The maximum atomic E-state index is 6.72. The Labute approximate surface area is 197 Å². The van der Waals surface area contributed by atoms with Crippen molar-refractivity contribution in [1.82, 2.24) is 30.1 Å². The van der Waals surface area contributed by atoms with E-state index in [0.717, 1.165) is 53.6 Å². The first kappa shape index (κ1) is 23.8. The van der Waals surface area contributed by atoms with Gasteiger partial charge in [0.25, 0.3) is 0 Å². The highest BCUT2D eigenvalue weighted by molar-refractivity contribution is 6.74. The van der Waals surface area contributed by atoms with Crippen LogP contribution in [0.5, 0.6) is 0 Å². The quantitative estimate of drug-likeness (QED) is 0.503. The summed E-state index contributed by atoms with van der Waals surface area (Å²) in [7, 11) is -1.83. The third kappa shape index (κ3) is 4.68. The van der Waals surface area contributed by atoms with Crippen molar-refractivity contribution in [2.45, 2.75) is 91.1 Å². The monoisotopic (exact) mass is 471 g/mol. The Morgan fingerprint density at radius 2 is 1.85 bits per heavy atom. The molecule has 3 aromatic rings.